The molecule has 0 aliphatic rings. The molecule has 0 spiro atoms. The first-order valence-electron chi connectivity index (χ1n) is 9.97. The molecule has 152 valence electrons. The number of anilines is 1. The molecule has 1 amide bonds. The number of nitrogens with zero attached hydrogens (tertiary/aromatic N) is 4. The average molecular weight is 399 g/mol. The lowest BCUT2D eigenvalue weighted by molar-refractivity contribution is -0.117. The van der Waals surface area contributed by atoms with Crippen molar-refractivity contribution in [2.24, 2.45) is 5.41 Å². The molecule has 1 aromatic carbocycles. The Morgan fingerprint density at radius 3 is 2.63 bits per heavy atom. The predicted molar refractivity (Wildman–Crippen MR) is 119 cm³/mol. The Morgan fingerprint density at radius 2 is 1.87 bits per heavy atom. The first kappa shape index (κ1) is 19.8. The van der Waals surface area contributed by atoms with Crippen LogP contribution in [0.25, 0.3) is 28.2 Å². The van der Waals surface area contributed by atoms with Gasteiger partial charge in [-0.2, -0.15) is 5.10 Å². The largest absolute Gasteiger partial charge is 0.311 e. The molecule has 0 saturated carbocycles. The highest BCUT2D eigenvalue weighted by Crippen LogP contribution is 2.33. The molecule has 3 aromatic heterocycles. The molecule has 1 N–H and O–H groups in total. The number of amides is 1. The van der Waals surface area contributed by atoms with E-state index in [2.05, 4.69) is 34.5 Å². The Hall–Kier alpha value is -3.54. The Morgan fingerprint density at radius 1 is 1.03 bits per heavy atom. The maximum atomic E-state index is 12.4. The summed E-state index contributed by atoms with van der Waals surface area (Å²) in [6.07, 6.45) is 3.86. The van der Waals surface area contributed by atoms with Crippen LogP contribution in [0.2, 0.25) is 0 Å². The lowest BCUT2D eigenvalue weighted by atomic mass is 9.92. The Bertz CT molecular complexity index is 1220. The van der Waals surface area contributed by atoms with Crippen LogP contribution < -0.4 is 5.32 Å². The van der Waals surface area contributed by atoms with E-state index >= 15 is 0 Å². The number of aromatic nitrogens is 4. The molecule has 30 heavy (non-hydrogen) atoms. The summed E-state index contributed by atoms with van der Waals surface area (Å²) >= 11 is 0. The van der Waals surface area contributed by atoms with Gasteiger partial charge >= 0.3 is 0 Å². The fraction of sp³-hybridized carbons (Fsp3) is 0.250. The van der Waals surface area contributed by atoms with E-state index in [9.17, 15) is 4.79 Å². The van der Waals surface area contributed by atoms with Crippen LogP contribution >= 0.6 is 0 Å². The van der Waals surface area contributed by atoms with E-state index in [1.54, 1.807) is 12.4 Å². The van der Waals surface area contributed by atoms with Crippen LogP contribution in [0, 0.1) is 12.3 Å². The topological polar surface area (TPSA) is 72.2 Å². The molecule has 0 aliphatic carbocycles. The molecule has 0 radical (unpaired) electrons. The summed E-state index contributed by atoms with van der Waals surface area (Å²) in [4.78, 5) is 21.5. The quantitative estimate of drug-likeness (QED) is 0.516. The zero-order valence-electron chi connectivity index (χ0n) is 17.7. The van der Waals surface area contributed by atoms with Gasteiger partial charge in [-0.05, 0) is 42.7 Å². The molecule has 6 heteroatoms. The first-order valence-corrected chi connectivity index (χ1v) is 9.97. The van der Waals surface area contributed by atoms with E-state index in [-0.39, 0.29) is 11.3 Å². The maximum Gasteiger partial charge on any atom is 0.226 e. The zero-order valence-corrected chi connectivity index (χ0v) is 17.7. The summed E-state index contributed by atoms with van der Waals surface area (Å²) in [6.45, 7) is 8.17. The summed E-state index contributed by atoms with van der Waals surface area (Å²) in [7, 11) is 0. The van der Waals surface area contributed by atoms with Crippen molar-refractivity contribution in [1.82, 2.24) is 19.6 Å². The van der Waals surface area contributed by atoms with Crippen molar-refractivity contribution in [2.75, 3.05) is 5.32 Å². The number of benzene rings is 1. The normalized spacial score (nSPS) is 11.6. The van der Waals surface area contributed by atoms with Crippen LogP contribution in [0.4, 0.5) is 5.82 Å². The van der Waals surface area contributed by atoms with Crippen LogP contribution in [0.5, 0.6) is 0 Å². The molecule has 4 rings (SSSR count). The van der Waals surface area contributed by atoms with Gasteiger partial charge in [0.25, 0.3) is 0 Å². The van der Waals surface area contributed by atoms with Crippen LogP contribution in [-0.2, 0) is 4.79 Å². The van der Waals surface area contributed by atoms with Crippen LogP contribution in [-0.4, -0.2) is 25.5 Å². The minimum atomic E-state index is -0.0917. The smallest absolute Gasteiger partial charge is 0.226 e. The standard InChI is InChI=1S/C24H25N5O/c1-16-7-5-8-17(13-16)22-23(29-20(28-22)9-6-11-26-29)18-10-12-25-19(14-18)27-21(30)15-24(2,3)4/h5-14H,15H2,1-4H3,(H,25,27,30). The number of pyridine rings is 1. The molecule has 0 bridgehead atoms. The summed E-state index contributed by atoms with van der Waals surface area (Å²) < 4.78 is 1.83. The highest BCUT2D eigenvalue weighted by molar-refractivity contribution is 5.91. The van der Waals surface area contributed by atoms with Gasteiger partial charge in [-0.15, -0.1) is 0 Å². The molecule has 6 nitrogen and oxygen atoms in total. The average Bonchev–Trinajstić information content (AvgIpc) is 3.06. The molecule has 4 aromatic rings. The fourth-order valence-corrected chi connectivity index (χ4v) is 3.46. The van der Waals surface area contributed by atoms with Crippen LogP contribution in [0.3, 0.4) is 0 Å². The predicted octanol–water partition coefficient (Wildman–Crippen LogP) is 5.14. The van der Waals surface area contributed by atoms with Gasteiger partial charge in [0.1, 0.15) is 11.5 Å². The number of hydrogen-bond donors (Lipinski definition) is 1. The molecule has 0 atom stereocenters. The molecular formula is C24H25N5O. The zero-order chi connectivity index (χ0) is 21.3. The second kappa shape index (κ2) is 7.71. The summed E-state index contributed by atoms with van der Waals surface area (Å²) in [6, 6.07) is 15.8. The number of nitrogens with one attached hydrogen (secondary N) is 1. The number of carbonyl (C=O) groups is 1. The molecule has 0 aliphatic heterocycles. The monoisotopic (exact) mass is 399 g/mol. The van der Waals surface area contributed by atoms with E-state index in [0.717, 1.165) is 33.7 Å². The maximum absolute atomic E-state index is 12.4. The van der Waals surface area contributed by atoms with E-state index < -0.39 is 0 Å². The number of carbonyl (C=O) groups excluding carboxylic acids is 1. The van der Waals surface area contributed by atoms with Crippen molar-refractivity contribution in [1.29, 1.82) is 0 Å². The van der Waals surface area contributed by atoms with E-state index in [1.807, 2.05) is 61.7 Å². The van der Waals surface area contributed by atoms with E-state index in [4.69, 9.17) is 4.98 Å². The molecule has 0 fully saturated rings. The molecule has 3 heterocycles. The van der Waals surface area contributed by atoms with Crippen molar-refractivity contribution in [2.45, 2.75) is 34.1 Å². The van der Waals surface area contributed by atoms with Crippen molar-refractivity contribution < 1.29 is 4.79 Å². The number of imidazole rings is 1. The van der Waals surface area contributed by atoms with Gasteiger partial charge in [0.2, 0.25) is 5.91 Å². The van der Waals surface area contributed by atoms with Crippen molar-refractivity contribution in [3.8, 4) is 22.5 Å². The minimum Gasteiger partial charge on any atom is -0.311 e. The summed E-state index contributed by atoms with van der Waals surface area (Å²) in [5.41, 5.74) is 5.45. The third kappa shape index (κ3) is 4.22. The van der Waals surface area contributed by atoms with Gasteiger partial charge in [0.15, 0.2) is 5.65 Å². The number of fused-ring (bicyclic) bond motifs is 1. The highest BCUT2D eigenvalue weighted by Gasteiger charge is 2.19. The first-order chi connectivity index (χ1) is 14.3. The second-order valence-corrected chi connectivity index (χ2v) is 8.69. The molecule has 0 unspecified atom stereocenters. The lowest BCUT2D eigenvalue weighted by Crippen LogP contribution is -2.20. The number of hydrogen-bond acceptors (Lipinski definition) is 4. The summed E-state index contributed by atoms with van der Waals surface area (Å²) in [5.74, 6) is 0.463. The molecular weight excluding hydrogens is 374 g/mol. The van der Waals surface area contributed by atoms with E-state index in [0.29, 0.717) is 12.2 Å². The Balaban J connectivity index is 1.80. The van der Waals surface area contributed by atoms with Gasteiger partial charge in [-0.25, -0.2) is 14.5 Å². The van der Waals surface area contributed by atoms with Crippen molar-refractivity contribution in [3.63, 3.8) is 0 Å². The Kier molecular flexibility index (Phi) is 5.08. The van der Waals surface area contributed by atoms with Gasteiger partial charge in [-0.3, -0.25) is 4.79 Å². The summed E-state index contributed by atoms with van der Waals surface area (Å²) in [5, 5.41) is 7.43. The van der Waals surface area contributed by atoms with Gasteiger partial charge in [0, 0.05) is 29.9 Å². The van der Waals surface area contributed by atoms with Gasteiger partial charge in [0.05, 0.1) is 5.69 Å². The SMILES string of the molecule is Cc1cccc(-c2nc3cccnn3c2-c2ccnc(NC(=O)CC(C)(C)C)c2)c1. The molecule has 0 saturated heterocycles. The number of rotatable bonds is 4. The van der Waals surface area contributed by atoms with Gasteiger partial charge < -0.3 is 5.32 Å². The third-order valence-corrected chi connectivity index (χ3v) is 4.68. The van der Waals surface area contributed by atoms with Crippen molar-refractivity contribution >= 4 is 17.4 Å². The minimum absolute atomic E-state index is 0.0534. The van der Waals surface area contributed by atoms with Crippen LogP contribution in [0.15, 0.2) is 60.9 Å². The van der Waals surface area contributed by atoms with E-state index in [1.165, 1.54) is 0 Å². The number of aryl methyl sites for hydroxylation is 1. The highest BCUT2D eigenvalue weighted by atomic mass is 16.1. The fourth-order valence-electron chi connectivity index (χ4n) is 3.46. The third-order valence-electron chi connectivity index (χ3n) is 4.68. The second-order valence-electron chi connectivity index (χ2n) is 8.69. The van der Waals surface area contributed by atoms with Crippen LogP contribution in [0.1, 0.15) is 32.8 Å². The lowest BCUT2D eigenvalue weighted by Gasteiger charge is -2.17. The van der Waals surface area contributed by atoms with Gasteiger partial charge in [-0.1, -0.05) is 44.5 Å². The Labute approximate surface area is 176 Å². The van der Waals surface area contributed by atoms with Crippen molar-refractivity contribution in [3.05, 3.63) is 66.5 Å².